The van der Waals surface area contributed by atoms with Crippen molar-refractivity contribution in [2.24, 2.45) is 0 Å². The zero-order valence-corrected chi connectivity index (χ0v) is 14.6. The molecule has 5 nitrogen and oxygen atoms in total. The monoisotopic (exact) mass is 337 g/mol. The Morgan fingerprint density at radius 2 is 1.91 bits per heavy atom. The minimum Gasteiger partial charge on any atom is -0.370 e. The summed E-state index contributed by atoms with van der Waals surface area (Å²) in [6.45, 7) is 7.26. The van der Waals surface area contributed by atoms with Gasteiger partial charge in [-0.3, -0.25) is 15.0 Å². The number of nitro groups is 1. The molecule has 1 atom stereocenters. The number of aryl methyl sites for hydroxylation is 1. The number of nitro benzene ring substituents is 1. The van der Waals surface area contributed by atoms with Crippen molar-refractivity contribution in [3.63, 3.8) is 0 Å². The highest BCUT2D eigenvalue weighted by atomic mass is 35.5. The lowest BCUT2D eigenvalue weighted by Crippen LogP contribution is -2.46. The quantitative estimate of drug-likeness (QED) is 0.617. The molecular formula is C17H24ClN3O2. The molecule has 23 heavy (non-hydrogen) atoms. The maximum absolute atomic E-state index is 11.0. The van der Waals surface area contributed by atoms with Gasteiger partial charge in [-0.05, 0) is 52.1 Å². The molecule has 6 heteroatoms. The second-order valence-electron chi connectivity index (χ2n) is 6.79. The lowest BCUT2D eigenvalue weighted by Gasteiger charge is -2.39. The van der Waals surface area contributed by atoms with Crippen LogP contribution >= 0.6 is 11.6 Å². The van der Waals surface area contributed by atoms with Crippen LogP contribution in [0.25, 0.3) is 0 Å². The number of benzene rings is 1. The summed E-state index contributed by atoms with van der Waals surface area (Å²) in [6, 6.07) is 4.72. The molecule has 2 aliphatic heterocycles. The van der Waals surface area contributed by atoms with E-state index in [0.717, 1.165) is 31.6 Å². The van der Waals surface area contributed by atoms with E-state index < -0.39 is 0 Å². The highest BCUT2D eigenvalue weighted by molar-refractivity contribution is 6.33. The number of halogens is 1. The number of hydrogen-bond donors (Lipinski definition) is 0. The molecular weight excluding hydrogens is 314 g/mol. The van der Waals surface area contributed by atoms with Gasteiger partial charge in [0, 0.05) is 36.8 Å². The SMILES string of the molecule is Cc1cc(N2CCC(N3CCCC3C)CC2)c(Cl)cc1[N+](=O)[O-]. The average Bonchev–Trinajstić information content (AvgIpc) is 2.95. The van der Waals surface area contributed by atoms with E-state index in [1.54, 1.807) is 6.92 Å². The van der Waals surface area contributed by atoms with Crippen LogP contribution in [-0.4, -0.2) is 41.5 Å². The Labute approximate surface area is 142 Å². The molecule has 0 spiro atoms. The van der Waals surface area contributed by atoms with E-state index in [4.69, 9.17) is 11.6 Å². The third-order valence-electron chi connectivity index (χ3n) is 5.34. The maximum Gasteiger partial charge on any atom is 0.273 e. The zero-order valence-electron chi connectivity index (χ0n) is 13.8. The minimum atomic E-state index is -0.369. The van der Waals surface area contributed by atoms with E-state index in [9.17, 15) is 10.1 Å². The Balaban J connectivity index is 1.70. The third kappa shape index (κ3) is 3.31. The van der Waals surface area contributed by atoms with E-state index in [2.05, 4.69) is 16.7 Å². The maximum atomic E-state index is 11.0. The van der Waals surface area contributed by atoms with Gasteiger partial charge in [0.15, 0.2) is 0 Å². The number of rotatable bonds is 3. The molecule has 2 aliphatic rings. The summed E-state index contributed by atoms with van der Waals surface area (Å²) < 4.78 is 0. The number of hydrogen-bond acceptors (Lipinski definition) is 4. The molecule has 0 radical (unpaired) electrons. The van der Waals surface area contributed by atoms with Crippen molar-refractivity contribution in [2.45, 2.75) is 51.6 Å². The predicted octanol–water partition coefficient (Wildman–Crippen LogP) is 4.01. The lowest BCUT2D eigenvalue weighted by molar-refractivity contribution is -0.385. The van der Waals surface area contributed by atoms with Crippen molar-refractivity contribution >= 4 is 23.0 Å². The second-order valence-corrected chi connectivity index (χ2v) is 7.20. The van der Waals surface area contributed by atoms with Gasteiger partial charge in [-0.1, -0.05) is 11.6 Å². The van der Waals surface area contributed by atoms with Crippen LogP contribution in [0.15, 0.2) is 12.1 Å². The number of nitrogens with zero attached hydrogens (tertiary/aromatic N) is 3. The highest BCUT2D eigenvalue weighted by Gasteiger charge is 2.31. The van der Waals surface area contributed by atoms with Crippen LogP contribution in [0.3, 0.4) is 0 Å². The van der Waals surface area contributed by atoms with Crippen molar-refractivity contribution in [2.75, 3.05) is 24.5 Å². The van der Waals surface area contributed by atoms with E-state index in [1.807, 2.05) is 6.07 Å². The van der Waals surface area contributed by atoms with Crippen molar-refractivity contribution in [1.82, 2.24) is 4.90 Å². The molecule has 1 unspecified atom stereocenters. The molecule has 0 aromatic heterocycles. The average molecular weight is 338 g/mol. The molecule has 1 aromatic carbocycles. The molecule has 0 amide bonds. The molecule has 0 N–H and O–H groups in total. The van der Waals surface area contributed by atoms with Crippen LogP contribution in [0.5, 0.6) is 0 Å². The molecule has 2 heterocycles. The van der Waals surface area contributed by atoms with Gasteiger partial charge < -0.3 is 4.90 Å². The Hall–Kier alpha value is -1.33. The Morgan fingerprint density at radius 3 is 2.48 bits per heavy atom. The molecule has 1 aromatic rings. The number of anilines is 1. The standard InChI is InChI=1S/C17H24ClN3O2/c1-12-10-17(15(18)11-16(12)21(22)23)19-8-5-14(6-9-19)20-7-3-4-13(20)2/h10-11,13-14H,3-9H2,1-2H3. The molecule has 126 valence electrons. The van der Waals surface area contributed by atoms with Gasteiger partial charge in [-0.15, -0.1) is 0 Å². The highest BCUT2D eigenvalue weighted by Crippen LogP contribution is 2.35. The first-order valence-corrected chi connectivity index (χ1v) is 8.80. The first-order valence-electron chi connectivity index (χ1n) is 8.42. The Bertz CT molecular complexity index is 600. The first kappa shape index (κ1) is 16.5. The van der Waals surface area contributed by atoms with E-state index in [0.29, 0.717) is 22.7 Å². The summed E-state index contributed by atoms with van der Waals surface area (Å²) in [5.74, 6) is 0. The predicted molar refractivity (Wildman–Crippen MR) is 93.5 cm³/mol. The van der Waals surface area contributed by atoms with E-state index >= 15 is 0 Å². The second kappa shape index (κ2) is 6.65. The molecule has 2 saturated heterocycles. The summed E-state index contributed by atoms with van der Waals surface area (Å²) in [5, 5.41) is 11.5. The fourth-order valence-corrected chi connectivity index (χ4v) is 4.31. The van der Waals surface area contributed by atoms with Crippen molar-refractivity contribution in [1.29, 1.82) is 0 Å². The first-order chi connectivity index (χ1) is 11.0. The van der Waals surface area contributed by atoms with Crippen molar-refractivity contribution in [3.8, 4) is 0 Å². The van der Waals surface area contributed by atoms with Crippen molar-refractivity contribution in [3.05, 3.63) is 32.8 Å². The summed E-state index contributed by atoms with van der Waals surface area (Å²) in [4.78, 5) is 15.6. The summed E-state index contributed by atoms with van der Waals surface area (Å²) in [7, 11) is 0. The van der Waals surface area contributed by atoms with Gasteiger partial charge in [0.2, 0.25) is 0 Å². The van der Waals surface area contributed by atoms with Crippen LogP contribution in [0.2, 0.25) is 5.02 Å². The topological polar surface area (TPSA) is 49.6 Å². The van der Waals surface area contributed by atoms with Gasteiger partial charge >= 0.3 is 0 Å². The molecule has 0 bridgehead atoms. The molecule has 3 rings (SSSR count). The molecule has 2 fully saturated rings. The lowest BCUT2D eigenvalue weighted by atomic mass is 10.0. The normalized spacial score (nSPS) is 23.4. The minimum absolute atomic E-state index is 0.0968. The zero-order chi connectivity index (χ0) is 16.6. The van der Waals surface area contributed by atoms with Crippen LogP contribution in [0.4, 0.5) is 11.4 Å². The van der Waals surface area contributed by atoms with Gasteiger partial charge in [0.05, 0.1) is 15.6 Å². The van der Waals surface area contributed by atoms with Gasteiger partial charge in [0.1, 0.15) is 0 Å². The summed E-state index contributed by atoms with van der Waals surface area (Å²) in [6.07, 6.45) is 4.90. The van der Waals surface area contributed by atoms with Crippen molar-refractivity contribution < 1.29 is 4.92 Å². The van der Waals surface area contributed by atoms with Crippen LogP contribution in [-0.2, 0) is 0 Å². The van der Waals surface area contributed by atoms with Gasteiger partial charge in [0.25, 0.3) is 5.69 Å². The summed E-state index contributed by atoms with van der Waals surface area (Å²) >= 11 is 6.31. The van der Waals surface area contributed by atoms with Crippen LogP contribution in [0, 0.1) is 17.0 Å². The van der Waals surface area contributed by atoms with E-state index in [-0.39, 0.29) is 10.6 Å². The number of piperidine rings is 1. The molecule has 0 saturated carbocycles. The van der Waals surface area contributed by atoms with E-state index in [1.165, 1.54) is 25.5 Å². The van der Waals surface area contributed by atoms with Gasteiger partial charge in [-0.25, -0.2) is 0 Å². The Kier molecular flexibility index (Phi) is 4.78. The fourth-order valence-electron chi connectivity index (χ4n) is 4.03. The van der Waals surface area contributed by atoms with Crippen LogP contribution < -0.4 is 4.90 Å². The van der Waals surface area contributed by atoms with Gasteiger partial charge in [-0.2, -0.15) is 0 Å². The van der Waals surface area contributed by atoms with Crippen LogP contribution in [0.1, 0.15) is 38.2 Å². The largest absolute Gasteiger partial charge is 0.370 e. The Morgan fingerprint density at radius 1 is 1.22 bits per heavy atom. The smallest absolute Gasteiger partial charge is 0.273 e. The third-order valence-corrected chi connectivity index (χ3v) is 5.64. The summed E-state index contributed by atoms with van der Waals surface area (Å²) in [5.41, 5.74) is 1.70. The number of likely N-dealkylation sites (tertiary alicyclic amines) is 1. The molecule has 0 aliphatic carbocycles. The fraction of sp³-hybridized carbons (Fsp3) is 0.647.